The topological polar surface area (TPSA) is 87.1 Å². The molecule has 0 unspecified atom stereocenters. The molecule has 0 aliphatic rings. The smallest absolute Gasteiger partial charge is 0.293 e. The van der Waals surface area contributed by atoms with Crippen LogP contribution in [0.2, 0.25) is 0 Å². The number of nitrogens with zero attached hydrogens (tertiary/aromatic N) is 4. The molecule has 4 rings (SSSR count). The molecular weight excluding hydrogens is 414 g/mol. The monoisotopic (exact) mass is 439 g/mol. The maximum atomic E-state index is 12.8. The lowest BCUT2D eigenvalue weighted by atomic mass is 10.3. The van der Waals surface area contributed by atoms with Gasteiger partial charge in [0, 0.05) is 39.2 Å². The number of para-hydroxylation sites is 2. The first-order valence-corrected chi connectivity index (χ1v) is 11.2. The number of benzene rings is 1. The van der Waals surface area contributed by atoms with Crippen molar-refractivity contribution in [1.82, 2.24) is 19.1 Å². The summed E-state index contributed by atoms with van der Waals surface area (Å²) in [6.07, 6.45) is 4.47. The highest BCUT2D eigenvalue weighted by Crippen LogP contribution is 2.23. The van der Waals surface area contributed by atoms with E-state index < -0.39 is 0 Å². The van der Waals surface area contributed by atoms with Crippen LogP contribution in [0, 0.1) is 0 Å². The molecule has 0 aliphatic heterocycles. The van der Waals surface area contributed by atoms with Crippen LogP contribution in [-0.2, 0) is 24.1 Å². The van der Waals surface area contributed by atoms with Crippen molar-refractivity contribution in [2.45, 2.75) is 30.8 Å². The molecule has 0 fully saturated rings. The Labute approximate surface area is 184 Å². The molecule has 0 bridgehead atoms. The van der Waals surface area contributed by atoms with Crippen LogP contribution in [-0.4, -0.2) is 38.2 Å². The Hall–Kier alpha value is -3.04. The predicted molar refractivity (Wildman–Crippen MR) is 120 cm³/mol. The van der Waals surface area contributed by atoms with Crippen molar-refractivity contribution in [3.8, 4) is 0 Å². The molecule has 0 saturated carbocycles. The van der Waals surface area contributed by atoms with Crippen LogP contribution >= 0.6 is 11.8 Å². The number of aryl methyl sites for hydroxylation is 2. The van der Waals surface area contributed by atoms with E-state index in [1.807, 2.05) is 59.6 Å². The second kappa shape index (κ2) is 9.84. The Morgan fingerprint density at radius 3 is 2.94 bits per heavy atom. The summed E-state index contributed by atoms with van der Waals surface area (Å²) >= 11 is 1.55. The lowest BCUT2D eigenvalue weighted by molar-refractivity contribution is 0.0994. The van der Waals surface area contributed by atoms with E-state index in [1.54, 1.807) is 24.0 Å². The van der Waals surface area contributed by atoms with Gasteiger partial charge in [0.1, 0.15) is 5.76 Å². The minimum absolute atomic E-state index is 0.253. The van der Waals surface area contributed by atoms with Crippen LogP contribution in [0.4, 0.5) is 5.95 Å². The molecule has 4 aromatic rings. The SMILES string of the molecule is CCOCCCn1c(NC(=O)c2ccc(CSc3nccn3C)o2)nc2ccccc21. The highest BCUT2D eigenvalue weighted by atomic mass is 32.2. The number of thioether (sulfide) groups is 1. The lowest BCUT2D eigenvalue weighted by Crippen LogP contribution is -2.16. The lowest BCUT2D eigenvalue weighted by Gasteiger charge is -2.09. The van der Waals surface area contributed by atoms with Crippen molar-refractivity contribution in [2.24, 2.45) is 7.05 Å². The number of rotatable bonds is 10. The number of imidazole rings is 2. The average molecular weight is 440 g/mol. The number of furan rings is 1. The zero-order chi connectivity index (χ0) is 21.6. The number of hydrogen-bond acceptors (Lipinski definition) is 6. The summed E-state index contributed by atoms with van der Waals surface area (Å²) in [7, 11) is 1.94. The van der Waals surface area contributed by atoms with Gasteiger partial charge in [-0.15, -0.1) is 0 Å². The van der Waals surface area contributed by atoms with E-state index in [4.69, 9.17) is 9.15 Å². The Kier molecular flexibility index (Phi) is 6.73. The maximum Gasteiger partial charge on any atom is 0.293 e. The normalized spacial score (nSPS) is 11.3. The summed E-state index contributed by atoms with van der Waals surface area (Å²) in [5.74, 6) is 1.73. The number of aromatic nitrogens is 4. The molecular formula is C22H25N5O3S. The molecule has 1 aromatic carbocycles. The van der Waals surface area contributed by atoms with Gasteiger partial charge in [-0.1, -0.05) is 23.9 Å². The minimum Gasteiger partial charge on any atom is -0.455 e. The van der Waals surface area contributed by atoms with Gasteiger partial charge >= 0.3 is 0 Å². The van der Waals surface area contributed by atoms with Crippen molar-refractivity contribution in [3.63, 3.8) is 0 Å². The van der Waals surface area contributed by atoms with Gasteiger partial charge in [0.2, 0.25) is 5.95 Å². The quantitative estimate of drug-likeness (QED) is 0.292. The van der Waals surface area contributed by atoms with E-state index in [1.165, 1.54) is 0 Å². The second-order valence-corrected chi connectivity index (χ2v) is 7.90. The number of nitrogens with one attached hydrogen (secondary N) is 1. The van der Waals surface area contributed by atoms with E-state index in [2.05, 4.69) is 15.3 Å². The summed E-state index contributed by atoms with van der Waals surface area (Å²) in [6.45, 7) is 4.02. The van der Waals surface area contributed by atoms with Crippen LogP contribution in [0.25, 0.3) is 11.0 Å². The van der Waals surface area contributed by atoms with Gasteiger partial charge in [-0.2, -0.15) is 0 Å². The van der Waals surface area contributed by atoms with Crippen molar-refractivity contribution in [2.75, 3.05) is 18.5 Å². The number of amides is 1. The van der Waals surface area contributed by atoms with E-state index in [9.17, 15) is 4.79 Å². The molecule has 0 aliphatic carbocycles. The number of carbonyl (C=O) groups excluding carboxylic acids is 1. The molecule has 0 radical (unpaired) electrons. The highest BCUT2D eigenvalue weighted by molar-refractivity contribution is 7.98. The number of ether oxygens (including phenoxy) is 1. The van der Waals surface area contributed by atoms with Crippen LogP contribution in [0.1, 0.15) is 29.7 Å². The van der Waals surface area contributed by atoms with E-state index in [-0.39, 0.29) is 11.7 Å². The highest BCUT2D eigenvalue weighted by Gasteiger charge is 2.17. The summed E-state index contributed by atoms with van der Waals surface area (Å²) in [5, 5.41) is 3.80. The molecule has 31 heavy (non-hydrogen) atoms. The Bertz CT molecular complexity index is 1160. The van der Waals surface area contributed by atoms with E-state index in [0.717, 1.165) is 22.6 Å². The molecule has 162 valence electrons. The zero-order valence-electron chi connectivity index (χ0n) is 17.6. The van der Waals surface area contributed by atoms with Gasteiger partial charge in [-0.3, -0.25) is 10.1 Å². The molecule has 0 atom stereocenters. The minimum atomic E-state index is -0.324. The van der Waals surface area contributed by atoms with Crippen molar-refractivity contribution >= 4 is 34.7 Å². The van der Waals surface area contributed by atoms with E-state index >= 15 is 0 Å². The first-order valence-electron chi connectivity index (χ1n) is 10.2. The van der Waals surface area contributed by atoms with Gasteiger partial charge in [0.25, 0.3) is 5.91 Å². The van der Waals surface area contributed by atoms with Crippen LogP contribution in [0.15, 0.2) is 58.4 Å². The standard InChI is InChI=1S/C22H25N5O3S/c1-3-29-14-6-12-27-18-8-5-4-7-17(18)24-21(27)25-20(28)19-10-9-16(30-19)15-31-22-23-11-13-26(22)2/h4-5,7-11,13H,3,6,12,14-15H2,1-2H3,(H,24,25,28). The Balaban J connectivity index is 1.45. The summed E-state index contributed by atoms with van der Waals surface area (Å²) in [5.41, 5.74) is 1.81. The third-order valence-corrected chi connectivity index (χ3v) is 5.84. The Morgan fingerprint density at radius 1 is 1.26 bits per heavy atom. The van der Waals surface area contributed by atoms with Gasteiger partial charge in [-0.05, 0) is 37.6 Å². The molecule has 3 heterocycles. The Morgan fingerprint density at radius 2 is 2.13 bits per heavy atom. The van der Waals surface area contributed by atoms with Gasteiger partial charge in [0.15, 0.2) is 10.9 Å². The fraction of sp³-hybridized carbons (Fsp3) is 0.318. The number of anilines is 1. The summed E-state index contributed by atoms with van der Waals surface area (Å²) in [4.78, 5) is 21.7. The fourth-order valence-electron chi connectivity index (χ4n) is 3.23. The molecule has 1 amide bonds. The number of carbonyl (C=O) groups is 1. The molecule has 0 spiro atoms. The van der Waals surface area contributed by atoms with Gasteiger partial charge in [-0.25, -0.2) is 9.97 Å². The molecule has 0 saturated heterocycles. The van der Waals surface area contributed by atoms with Crippen LogP contribution in [0.3, 0.4) is 0 Å². The van der Waals surface area contributed by atoms with Crippen molar-refractivity contribution in [1.29, 1.82) is 0 Å². The molecule has 8 nitrogen and oxygen atoms in total. The van der Waals surface area contributed by atoms with Gasteiger partial charge in [0.05, 0.1) is 16.8 Å². The molecule has 1 N–H and O–H groups in total. The largest absolute Gasteiger partial charge is 0.455 e. The predicted octanol–water partition coefficient (Wildman–Crippen LogP) is 4.33. The molecule has 3 aromatic heterocycles. The fourth-order valence-corrected chi connectivity index (χ4v) is 4.06. The summed E-state index contributed by atoms with van der Waals surface area (Å²) in [6, 6.07) is 11.3. The average Bonchev–Trinajstić information content (AvgIpc) is 3.49. The third kappa shape index (κ3) is 5.00. The van der Waals surface area contributed by atoms with Crippen molar-refractivity contribution < 1.29 is 13.9 Å². The van der Waals surface area contributed by atoms with Crippen LogP contribution in [0.5, 0.6) is 0 Å². The summed E-state index contributed by atoms with van der Waals surface area (Å²) < 4.78 is 15.2. The number of fused-ring (bicyclic) bond motifs is 1. The van der Waals surface area contributed by atoms with E-state index in [0.29, 0.717) is 37.2 Å². The first kappa shape index (κ1) is 21.2. The second-order valence-electron chi connectivity index (χ2n) is 6.96. The molecule has 9 heteroatoms. The maximum absolute atomic E-state index is 12.8. The number of hydrogen-bond donors (Lipinski definition) is 1. The zero-order valence-corrected chi connectivity index (χ0v) is 18.4. The van der Waals surface area contributed by atoms with Gasteiger partial charge < -0.3 is 18.3 Å². The van der Waals surface area contributed by atoms with Crippen LogP contribution < -0.4 is 5.32 Å². The third-order valence-electron chi connectivity index (χ3n) is 4.76. The van der Waals surface area contributed by atoms with Crippen molar-refractivity contribution in [3.05, 3.63) is 60.3 Å². The first-order chi connectivity index (χ1) is 15.2.